The minimum Gasteiger partial charge on any atom is -0.345 e. The van der Waals surface area contributed by atoms with Crippen LogP contribution in [-0.4, -0.2) is 37.8 Å². The van der Waals surface area contributed by atoms with Gasteiger partial charge in [0.25, 0.3) is 0 Å². The van der Waals surface area contributed by atoms with E-state index in [0.717, 1.165) is 58.6 Å². The van der Waals surface area contributed by atoms with Gasteiger partial charge < -0.3 is 14.9 Å². The lowest BCUT2D eigenvalue weighted by molar-refractivity contribution is -0.118. The van der Waals surface area contributed by atoms with Crippen LogP contribution in [0.25, 0.3) is 22.3 Å². The van der Waals surface area contributed by atoms with Crippen LogP contribution in [0.3, 0.4) is 0 Å². The third kappa shape index (κ3) is 4.36. The van der Waals surface area contributed by atoms with E-state index in [-0.39, 0.29) is 0 Å². The molecule has 144 valence electrons. The molecule has 0 fully saturated rings. The predicted octanol–water partition coefficient (Wildman–Crippen LogP) is 3.72. The normalized spacial score (nSPS) is 10.5. The molecule has 0 unspecified atom stereocenters. The summed E-state index contributed by atoms with van der Waals surface area (Å²) in [4.78, 5) is 27.8. The fraction of sp³-hybridized carbons (Fsp3) is 0.174. The molecule has 4 rings (SSSR count). The number of H-pyrrole nitrogens is 2. The van der Waals surface area contributed by atoms with E-state index in [4.69, 9.17) is 0 Å². The maximum absolute atomic E-state index is 11.1. The lowest BCUT2D eigenvalue weighted by Crippen LogP contribution is -2.22. The molecule has 0 spiro atoms. The number of nitrogens with one attached hydrogen (secondary N) is 2. The molecule has 0 saturated heterocycles. The average molecular weight is 383 g/mol. The first-order valence-corrected chi connectivity index (χ1v) is 9.54. The maximum atomic E-state index is 11.1. The Hall–Kier alpha value is -3.85. The van der Waals surface area contributed by atoms with Gasteiger partial charge in [0, 0.05) is 17.7 Å². The number of hydrogen-bond acceptors (Lipinski definition) is 3. The number of aromatic amines is 2. The number of hydrogen-bond donors (Lipinski definition) is 2. The van der Waals surface area contributed by atoms with Gasteiger partial charge in [-0.15, -0.1) is 0 Å². The number of fused-ring (bicyclic) bond motifs is 1. The van der Waals surface area contributed by atoms with E-state index in [1.54, 1.807) is 17.4 Å². The Bertz CT molecular complexity index is 1180. The molecule has 2 aromatic carbocycles. The molecule has 0 aliphatic carbocycles. The summed E-state index contributed by atoms with van der Waals surface area (Å²) in [6.07, 6.45) is 5.26. The van der Waals surface area contributed by atoms with Gasteiger partial charge in [-0.2, -0.15) is 0 Å². The molecule has 0 atom stereocenters. The van der Waals surface area contributed by atoms with Crippen molar-refractivity contribution in [1.82, 2.24) is 24.8 Å². The number of carbonyl (C=O) groups excluding carboxylic acids is 1. The number of imidazole rings is 2. The van der Waals surface area contributed by atoms with Crippen molar-refractivity contribution >= 4 is 17.4 Å². The van der Waals surface area contributed by atoms with Gasteiger partial charge in [-0.1, -0.05) is 30.9 Å². The Morgan fingerprint density at radius 3 is 2.66 bits per heavy atom. The second-order valence-electron chi connectivity index (χ2n) is 6.78. The van der Waals surface area contributed by atoms with Crippen LogP contribution < -0.4 is 0 Å². The number of carbonyl (C=O) groups is 1. The highest BCUT2D eigenvalue weighted by Crippen LogP contribution is 2.18. The Balaban J connectivity index is 1.46. The fourth-order valence-electron chi connectivity index (χ4n) is 3.13. The predicted molar refractivity (Wildman–Crippen MR) is 113 cm³/mol. The molecular weight excluding hydrogens is 362 g/mol. The van der Waals surface area contributed by atoms with Crippen molar-refractivity contribution in [1.29, 1.82) is 0 Å². The van der Waals surface area contributed by atoms with Gasteiger partial charge >= 0.3 is 0 Å². The van der Waals surface area contributed by atoms with Gasteiger partial charge in [0.1, 0.15) is 5.82 Å². The van der Waals surface area contributed by atoms with Crippen LogP contribution in [0.4, 0.5) is 0 Å². The zero-order valence-corrected chi connectivity index (χ0v) is 16.1. The molecule has 1 amide bonds. The minimum absolute atomic E-state index is 0.488. The molecule has 0 saturated carbocycles. The Labute approximate surface area is 169 Å². The third-order valence-corrected chi connectivity index (χ3v) is 4.61. The monoisotopic (exact) mass is 383 g/mol. The summed E-state index contributed by atoms with van der Waals surface area (Å²) in [7, 11) is 0. The lowest BCUT2D eigenvalue weighted by atomic mass is 10.1. The Kier molecular flexibility index (Phi) is 5.39. The number of benzene rings is 2. The second kappa shape index (κ2) is 8.44. The standard InChI is InChI=1S/C23H21N5O/c1-2-11-28(16-29)14-23-24-13-22(27-23)19-8-5-17(6-9-19)3-4-18-7-10-20-21(12-18)26-15-25-20/h5-10,12-13,15-16H,2,11,14H2,1H3,(H,24,27)(H,25,26). The van der Waals surface area contributed by atoms with Crippen LogP contribution in [-0.2, 0) is 11.3 Å². The summed E-state index contributed by atoms with van der Waals surface area (Å²) in [5, 5.41) is 0. The maximum Gasteiger partial charge on any atom is 0.210 e. The molecule has 0 bridgehead atoms. The van der Waals surface area contributed by atoms with Crippen LogP contribution >= 0.6 is 0 Å². The molecule has 6 heteroatoms. The van der Waals surface area contributed by atoms with Crippen LogP contribution in [0.15, 0.2) is 55.0 Å². The van der Waals surface area contributed by atoms with Crippen molar-refractivity contribution in [2.75, 3.05) is 6.54 Å². The van der Waals surface area contributed by atoms with Crippen molar-refractivity contribution in [2.45, 2.75) is 19.9 Å². The highest BCUT2D eigenvalue weighted by molar-refractivity contribution is 5.76. The molecule has 2 N–H and O–H groups in total. The number of nitrogens with zero attached hydrogens (tertiary/aromatic N) is 3. The van der Waals surface area contributed by atoms with Gasteiger partial charge in [0.2, 0.25) is 6.41 Å². The van der Waals surface area contributed by atoms with Crippen molar-refractivity contribution in [3.63, 3.8) is 0 Å². The van der Waals surface area contributed by atoms with E-state index in [1.807, 2.05) is 49.4 Å². The SMILES string of the molecule is CCCN(C=O)Cc1ncc(-c2ccc(C#Cc3ccc4nc[nH]c4c3)cc2)[nH]1. The van der Waals surface area contributed by atoms with E-state index in [0.29, 0.717) is 6.54 Å². The molecule has 4 aromatic rings. The first kappa shape index (κ1) is 18.5. The summed E-state index contributed by atoms with van der Waals surface area (Å²) < 4.78 is 0. The summed E-state index contributed by atoms with van der Waals surface area (Å²) in [6, 6.07) is 13.9. The van der Waals surface area contributed by atoms with Crippen molar-refractivity contribution in [2.24, 2.45) is 0 Å². The smallest absolute Gasteiger partial charge is 0.210 e. The van der Waals surface area contributed by atoms with Crippen LogP contribution in [0, 0.1) is 11.8 Å². The molecule has 0 aliphatic heterocycles. The Morgan fingerprint density at radius 1 is 1.07 bits per heavy atom. The van der Waals surface area contributed by atoms with Gasteiger partial charge in [0.05, 0.1) is 35.8 Å². The first-order valence-electron chi connectivity index (χ1n) is 9.54. The Morgan fingerprint density at radius 2 is 1.86 bits per heavy atom. The van der Waals surface area contributed by atoms with E-state index >= 15 is 0 Å². The third-order valence-electron chi connectivity index (χ3n) is 4.61. The van der Waals surface area contributed by atoms with Crippen LogP contribution in [0.2, 0.25) is 0 Å². The minimum atomic E-state index is 0.488. The van der Waals surface area contributed by atoms with E-state index in [9.17, 15) is 4.79 Å². The van der Waals surface area contributed by atoms with Crippen LogP contribution in [0.1, 0.15) is 30.3 Å². The van der Waals surface area contributed by atoms with Gasteiger partial charge in [0.15, 0.2) is 0 Å². The van der Waals surface area contributed by atoms with Crippen molar-refractivity contribution in [3.05, 3.63) is 71.9 Å². The van der Waals surface area contributed by atoms with Gasteiger partial charge in [-0.05, 0) is 42.3 Å². The average Bonchev–Trinajstić information content (AvgIpc) is 3.41. The number of rotatable bonds is 6. The van der Waals surface area contributed by atoms with Crippen molar-refractivity contribution in [3.8, 4) is 23.1 Å². The van der Waals surface area contributed by atoms with Crippen LogP contribution in [0.5, 0.6) is 0 Å². The molecule has 2 aromatic heterocycles. The zero-order valence-electron chi connectivity index (χ0n) is 16.1. The zero-order chi connectivity index (χ0) is 20.1. The highest BCUT2D eigenvalue weighted by Gasteiger charge is 2.07. The fourth-order valence-corrected chi connectivity index (χ4v) is 3.13. The quantitative estimate of drug-likeness (QED) is 0.393. The lowest BCUT2D eigenvalue weighted by Gasteiger charge is -2.13. The van der Waals surface area contributed by atoms with E-state index in [1.165, 1.54) is 0 Å². The highest BCUT2D eigenvalue weighted by atomic mass is 16.1. The second-order valence-corrected chi connectivity index (χ2v) is 6.78. The molecule has 29 heavy (non-hydrogen) atoms. The summed E-state index contributed by atoms with van der Waals surface area (Å²) in [5.74, 6) is 7.16. The molecule has 6 nitrogen and oxygen atoms in total. The van der Waals surface area contributed by atoms with E-state index < -0.39 is 0 Å². The molecular formula is C23H21N5O. The molecule has 0 radical (unpaired) electrons. The summed E-state index contributed by atoms with van der Waals surface area (Å²) >= 11 is 0. The van der Waals surface area contributed by atoms with E-state index in [2.05, 4.69) is 31.8 Å². The summed E-state index contributed by atoms with van der Waals surface area (Å²) in [5.41, 5.74) is 5.75. The van der Waals surface area contributed by atoms with Gasteiger partial charge in [-0.3, -0.25) is 4.79 Å². The number of amides is 1. The largest absolute Gasteiger partial charge is 0.345 e. The number of aromatic nitrogens is 4. The van der Waals surface area contributed by atoms with Gasteiger partial charge in [-0.25, -0.2) is 9.97 Å². The molecule has 2 heterocycles. The summed E-state index contributed by atoms with van der Waals surface area (Å²) in [6.45, 7) is 3.26. The topological polar surface area (TPSA) is 77.7 Å². The molecule has 0 aliphatic rings. The van der Waals surface area contributed by atoms with Crippen molar-refractivity contribution < 1.29 is 4.79 Å². The first-order chi connectivity index (χ1) is 14.2.